The van der Waals surface area contributed by atoms with Gasteiger partial charge in [0.2, 0.25) is 0 Å². The Balaban J connectivity index is -0.000000769. The number of carboxylic acid groups (broad SMARTS) is 1. The molecule has 44 heavy (non-hydrogen) atoms. The normalized spacial score (nSPS) is 16.7. The first-order valence-corrected chi connectivity index (χ1v) is 17.5. The third-order valence-electron chi connectivity index (χ3n) is 5.85. The van der Waals surface area contributed by atoms with Gasteiger partial charge < -0.3 is 15.2 Å². The van der Waals surface area contributed by atoms with Crippen molar-refractivity contribution in [3.63, 3.8) is 0 Å². The van der Waals surface area contributed by atoms with Crippen molar-refractivity contribution in [2.75, 3.05) is 6.54 Å². The third kappa shape index (κ3) is 24.8. The quantitative estimate of drug-likeness (QED) is 0.238. The average Bonchev–Trinajstić information content (AvgIpc) is 3.45. The van der Waals surface area contributed by atoms with Crippen LogP contribution in [0.15, 0.2) is 60.4 Å². The molecule has 1 aromatic heterocycles. The molecular formula is C38H67NO4S. The van der Waals surface area contributed by atoms with Crippen molar-refractivity contribution in [3.05, 3.63) is 70.2 Å². The Kier molecular flexibility index (Phi) is 30.3. The summed E-state index contributed by atoms with van der Waals surface area (Å²) in [4.78, 5) is 24.0. The summed E-state index contributed by atoms with van der Waals surface area (Å²) in [6, 6.07) is 3.62. The van der Waals surface area contributed by atoms with Crippen molar-refractivity contribution in [3.8, 4) is 0 Å². The van der Waals surface area contributed by atoms with Gasteiger partial charge in [-0.3, -0.25) is 9.59 Å². The molecule has 2 N–H and O–H groups in total. The van der Waals surface area contributed by atoms with Crippen LogP contribution in [0.25, 0.3) is 0 Å². The third-order valence-corrected chi connectivity index (χ3v) is 7.09. The predicted molar refractivity (Wildman–Crippen MR) is 194 cm³/mol. The van der Waals surface area contributed by atoms with Crippen molar-refractivity contribution >= 4 is 23.2 Å². The maximum Gasteiger partial charge on any atom is 0.305 e. The number of amides is 1. The van der Waals surface area contributed by atoms with E-state index in [-0.39, 0.29) is 25.0 Å². The van der Waals surface area contributed by atoms with Crippen molar-refractivity contribution < 1.29 is 19.4 Å². The zero-order chi connectivity index (χ0) is 34.7. The number of hydrogen-bond acceptors (Lipinski definition) is 4. The number of hydrogen-bond donors (Lipinski definition) is 2. The van der Waals surface area contributed by atoms with Crippen LogP contribution in [-0.2, 0) is 9.53 Å². The molecule has 1 aliphatic rings. The van der Waals surface area contributed by atoms with Gasteiger partial charge in [0.1, 0.15) is 11.9 Å². The maximum absolute atomic E-state index is 12.0. The molecule has 0 saturated carbocycles. The molecule has 1 heterocycles. The molecule has 0 aliphatic heterocycles. The van der Waals surface area contributed by atoms with Crippen LogP contribution in [0.1, 0.15) is 137 Å². The van der Waals surface area contributed by atoms with E-state index >= 15 is 0 Å². The van der Waals surface area contributed by atoms with E-state index in [1.54, 1.807) is 6.07 Å². The van der Waals surface area contributed by atoms with E-state index in [4.69, 9.17) is 9.84 Å². The number of thiophene rings is 1. The van der Waals surface area contributed by atoms with Crippen LogP contribution >= 0.6 is 11.3 Å². The Morgan fingerprint density at radius 2 is 1.61 bits per heavy atom. The summed E-state index contributed by atoms with van der Waals surface area (Å²) in [5.74, 6) is 2.78. The maximum atomic E-state index is 12.0. The number of rotatable bonds is 11. The minimum atomic E-state index is -0.932. The number of aliphatic carboxylic acids is 1. The number of carbonyl (C=O) groups excluding carboxylic acids is 1. The Morgan fingerprint density at radius 3 is 2.07 bits per heavy atom. The van der Waals surface area contributed by atoms with Gasteiger partial charge in [0.25, 0.3) is 5.91 Å². The highest BCUT2D eigenvalue weighted by molar-refractivity contribution is 7.14. The Bertz CT molecular complexity index is 968. The topological polar surface area (TPSA) is 75.6 Å². The highest BCUT2D eigenvalue weighted by Crippen LogP contribution is 2.31. The lowest BCUT2D eigenvalue weighted by Crippen LogP contribution is -2.25. The van der Waals surface area contributed by atoms with Gasteiger partial charge in [-0.05, 0) is 68.2 Å². The molecule has 0 radical (unpaired) electrons. The second-order valence-electron chi connectivity index (χ2n) is 11.6. The summed E-state index contributed by atoms with van der Waals surface area (Å²) in [5.41, 5.74) is 0. The summed E-state index contributed by atoms with van der Waals surface area (Å²) in [7, 11) is 0. The average molecular weight is 634 g/mol. The van der Waals surface area contributed by atoms with Crippen LogP contribution in [-0.4, -0.2) is 23.5 Å². The second-order valence-corrected chi connectivity index (χ2v) is 12.7. The van der Waals surface area contributed by atoms with Crippen LogP contribution in [0.4, 0.5) is 0 Å². The Hall–Kier alpha value is -2.60. The van der Waals surface area contributed by atoms with Gasteiger partial charge in [-0.1, -0.05) is 120 Å². The van der Waals surface area contributed by atoms with E-state index < -0.39 is 5.97 Å². The van der Waals surface area contributed by atoms with Gasteiger partial charge >= 0.3 is 5.97 Å². The van der Waals surface area contributed by atoms with Gasteiger partial charge in [-0.15, -0.1) is 11.3 Å². The SMILES string of the molecule is C/C=C/C1C=CC(OC(C)c2ccc(C(=O)NCCC(=O)O)s2)=CC1C.CC.CC(C)C.CC/C=C\C(C)C(C)C.CCC. The largest absolute Gasteiger partial charge is 0.486 e. The van der Waals surface area contributed by atoms with Crippen molar-refractivity contribution in [2.45, 2.75) is 122 Å². The second kappa shape index (κ2) is 29.1. The van der Waals surface area contributed by atoms with Gasteiger partial charge in [0, 0.05) is 17.3 Å². The number of allylic oxidation sites excluding steroid dienone is 7. The number of carboxylic acids is 1. The van der Waals surface area contributed by atoms with Crippen LogP contribution in [0.3, 0.4) is 0 Å². The van der Waals surface area contributed by atoms with Crippen LogP contribution in [0.5, 0.6) is 0 Å². The van der Waals surface area contributed by atoms with Crippen molar-refractivity contribution in [1.82, 2.24) is 5.32 Å². The Labute approximate surface area is 276 Å². The smallest absolute Gasteiger partial charge is 0.305 e. The molecule has 0 spiro atoms. The summed E-state index contributed by atoms with van der Waals surface area (Å²) < 4.78 is 6.03. The minimum absolute atomic E-state index is 0.0869. The molecular weight excluding hydrogens is 566 g/mol. The van der Waals surface area contributed by atoms with E-state index in [2.05, 4.69) is 111 Å². The van der Waals surface area contributed by atoms with E-state index in [0.29, 0.717) is 16.7 Å². The van der Waals surface area contributed by atoms with E-state index in [1.807, 2.05) is 39.8 Å². The van der Waals surface area contributed by atoms with Crippen LogP contribution in [0, 0.1) is 29.6 Å². The lowest BCUT2D eigenvalue weighted by atomic mass is 9.89. The zero-order valence-electron chi connectivity index (χ0n) is 30.6. The van der Waals surface area contributed by atoms with Crippen LogP contribution < -0.4 is 5.32 Å². The Morgan fingerprint density at radius 1 is 1.05 bits per heavy atom. The fourth-order valence-electron chi connectivity index (χ4n) is 3.25. The summed E-state index contributed by atoms with van der Waals surface area (Å²) >= 11 is 1.36. The molecule has 4 unspecified atom stereocenters. The summed E-state index contributed by atoms with van der Waals surface area (Å²) in [6.07, 6.45) is 17.2. The monoisotopic (exact) mass is 633 g/mol. The zero-order valence-corrected chi connectivity index (χ0v) is 31.4. The highest BCUT2D eigenvalue weighted by atomic mass is 32.1. The molecule has 1 aliphatic carbocycles. The molecule has 4 atom stereocenters. The molecule has 0 fully saturated rings. The van der Waals surface area contributed by atoms with E-state index in [9.17, 15) is 9.59 Å². The number of ether oxygens (including phenoxy) is 1. The molecule has 2 rings (SSSR count). The van der Waals surface area contributed by atoms with Gasteiger partial charge in [-0.2, -0.15) is 0 Å². The molecule has 1 amide bonds. The summed E-state index contributed by atoms with van der Waals surface area (Å²) in [5, 5.41) is 11.2. The molecule has 254 valence electrons. The molecule has 5 nitrogen and oxygen atoms in total. The van der Waals surface area contributed by atoms with Gasteiger partial charge in [0.15, 0.2) is 0 Å². The minimum Gasteiger partial charge on any atom is -0.486 e. The lowest BCUT2D eigenvalue weighted by molar-refractivity contribution is -0.136. The summed E-state index contributed by atoms with van der Waals surface area (Å²) in [6.45, 7) is 29.9. The molecule has 0 aromatic carbocycles. The molecule has 0 bridgehead atoms. The number of carbonyl (C=O) groups is 2. The number of nitrogens with one attached hydrogen (secondary N) is 1. The molecule has 6 heteroatoms. The highest BCUT2D eigenvalue weighted by Gasteiger charge is 2.18. The lowest BCUT2D eigenvalue weighted by Gasteiger charge is -2.22. The van der Waals surface area contributed by atoms with Crippen molar-refractivity contribution in [2.24, 2.45) is 29.6 Å². The first kappa shape index (κ1) is 45.8. The standard InChI is InChI=1S/C20H25NO4S.C9H18.C4H10.C3H8.C2H6/c1-4-5-15-6-7-16(12-13(15)2)25-14(3)17-8-9-18(26-17)20(24)21-11-10-19(22)23;1-5-6-7-9(4)8(2)3;1-4(2)3;1-3-2;1-2/h4-9,12-15H,10-11H2,1-3H3,(H,21,24)(H,22,23);6-9H,5H2,1-4H3;4H,1-3H3;3H2,1-2H3;1-2H3/b5-4+;7-6-;;;. The van der Waals surface area contributed by atoms with Crippen LogP contribution in [0.2, 0.25) is 0 Å². The fourth-order valence-corrected chi connectivity index (χ4v) is 4.15. The fraction of sp³-hybridized carbons (Fsp3) is 0.632. The molecule has 0 saturated heterocycles. The van der Waals surface area contributed by atoms with Gasteiger partial charge in [0.05, 0.1) is 11.3 Å². The van der Waals surface area contributed by atoms with Gasteiger partial charge in [-0.25, -0.2) is 0 Å². The van der Waals surface area contributed by atoms with Crippen molar-refractivity contribution in [1.29, 1.82) is 0 Å². The van der Waals surface area contributed by atoms with E-state index in [1.165, 1.54) is 17.8 Å². The first-order valence-electron chi connectivity index (χ1n) is 16.7. The first-order chi connectivity index (χ1) is 20.7. The predicted octanol–water partition coefficient (Wildman–Crippen LogP) is 11.7. The van der Waals surface area contributed by atoms with E-state index in [0.717, 1.165) is 34.8 Å². The molecule has 1 aromatic rings.